The summed E-state index contributed by atoms with van der Waals surface area (Å²) in [6.45, 7) is 2.08. The van der Waals surface area contributed by atoms with Gasteiger partial charge in [0.05, 0.1) is 25.4 Å². The molecule has 1 saturated heterocycles. The number of pyridine rings is 1. The maximum atomic E-state index is 13.4. The number of methoxy groups -OCH3 is 1. The summed E-state index contributed by atoms with van der Waals surface area (Å²) < 4.78 is 5.24. The van der Waals surface area contributed by atoms with Crippen LogP contribution in [0.25, 0.3) is 0 Å². The van der Waals surface area contributed by atoms with Crippen molar-refractivity contribution in [3.8, 4) is 5.75 Å². The Bertz CT molecular complexity index is 718. The topological polar surface area (TPSA) is 45.7 Å². The van der Waals surface area contributed by atoms with Crippen LogP contribution in [0.4, 0.5) is 0 Å². The molecular weight excluding hydrogens is 338 g/mol. The Morgan fingerprint density at radius 1 is 1.15 bits per heavy atom. The Morgan fingerprint density at radius 2 is 1.96 bits per heavy atom. The van der Waals surface area contributed by atoms with E-state index in [0.717, 1.165) is 36.4 Å². The quantitative estimate of drug-likeness (QED) is 0.784. The molecule has 1 unspecified atom stereocenters. The number of aromatic nitrogens is 1. The number of carbonyl (C=O) groups excluding carboxylic acids is 1. The lowest BCUT2D eigenvalue weighted by atomic mass is 10.1. The third-order valence-electron chi connectivity index (χ3n) is 5.23. The molecule has 2 aromatic rings. The van der Waals surface area contributed by atoms with Crippen molar-refractivity contribution >= 4 is 5.91 Å². The van der Waals surface area contributed by atoms with E-state index < -0.39 is 0 Å². The molecule has 144 valence electrons. The summed E-state index contributed by atoms with van der Waals surface area (Å²) in [5.41, 5.74) is 2.01. The second-order valence-electron chi connectivity index (χ2n) is 7.21. The fraction of sp³-hybridized carbons (Fsp3) is 0.455. The average molecular weight is 367 g/mol. The van der Waals surface area contributed by atoms with Crippen LogP contribution in [0.1, 0.15) is 36.9 Å². The standard InChI is InChI=1S/C22H29N3O2/c1-24-15-7-3-4-9-21(24)22(26)25(17-19-8-5-6-14-23-19)16-18-10-12-20(27-2)13-11-18/h5-6,8,10-14,21H,3-4,7,9,15-17H2,1-2H3. The Labute approximate surface area is 162 Å². The number of nitrogens with zero attached hydrogens (tertiary/aromatic N) is 3. The number of rotatable bonds is 6. The van der Waals surface area contributed by atoms with Crippen LogP contribution in [0.5, 0.6) is 5.75 Å². The number of likely N-dealkylation sites (N-methyl/N-ethyl adjacent to an activating group) is 1. The van der Waals surface area contributed by atoms with Crippen molar-refractivity contribution in [3.05, 3.63) is 59.9 Å². The molecule has 1 aromatic heterocycles. The van der Waals surface area contributed by atoms with Crippen molar-refractivity contribution in [2.24, 2.45) is 0 Å². The van der Waals surface area contributed by atoms with Crippen LogP contribution in [0, 0.1) is 0 Å². The van der Waals surface area contributed by atoms with Crippen LogP contribution in [0.3, 0.4) is 0 Å². The summed E-state index contributed by atoms with van der Waals surface area (Å²) in [6.07, 6.45) is 6.19. The molecule has 2 heterocycles. The van der Waals surface area contributed by atoms with Crippen molar-refractivity contribution in [2.45, 2.75) is 44.8 Å². The fourth-order valence-corrected chi connectivity index (χ4v) is 3.62. The smallest absolute Gasteiger partial charge is 0.240 e. The van der Waals surface area contributed by atoms with Gasteiger partial charge >= 0.3 is 0 Å². The Balaban J connectivity index is 1.80. The van der Waals surface area contributed by atoms with E-state index in [9.17, 15) is 4.79 Å². The predicted molar refractivity (Wildman–Crippen MR) is 106 cm³/mol. The van der Waals surface area contributed by atoms with Crippen molar-refractivity contribution in [1.29, 1.82) is 0 Å². The number of ether oxygens (including phenoxy) is 1. The number of amides is 1. The van der Waals surface area contributed by atoms with Gasteiger partial charge in [0.1, 0.15) is 5.75 Å². The summed E-state index contributed by atoms with van der Waals surface area (Å²) in [5, 5.41) is 0. The van der Waals surface area contributed by atoms with Crippen LogP contribution in [-0.4, -0.2) is 47.4 Å². The molecule has 27 heavy (non-hydrogen) atoms. The summed E-state index contributed by atoms with van der Waals surface area (Å²) in [6, 6.07) is 13.7. The first kappa shape index (κ1) is 19.4. The molecule has 1 amide bonds. The first-order valence-corrected chi connectivity index (χ1v) is 9.69. The van der Waals surface area contributed by atoms with Crippen molar-refractivity contribution in [2.75, 3.05) is 20.7 Å². The van der Waals surface area contributed by atoms with Gasteiger partial charge < -0.3 is 9.64 Å². The van der Waals surface area contributed by atoms with Gasteiger partial charge in [-0.1, -0.05) is 31.0 Å². The molecule has 5 heteroatoms. The molecular formula is C22H29N3O2. The number of hydrogen-bond acceptors (Lipinski definition) is 4. The van der Waals surface area contributed by atoms with Gasteiger partial charge in [-0.05, 0) is 56.3 Å². The lowest BCUT2D eigenvalue weighted by Gasteiger charge is -2.31. The van der Waals surface area contributed by atoms with Gasteiger partial charge in [0.2, 0.25) is 5.91 Å². The minimum atomic E-state index is -0.0468. The highest BCUT2D eigenvalue weighted by atomic mass is 16.5. The van der Waals surface area contributed by atoms with Crippen LogP contribution < -0.4 is 4.74 Å². The number of carbonyl (C=O) groups is 1. The van der Waals surface area contributed by atoms with Gasteiger partial charge in [0.25, 0.3) is 0 Å². The average Bonchev–Trinajstić information content (AvgIpc) is 2.92. The van der Waals surface area contributed by atoms with Crippen LogP contribution in [0.2, 0.25) is 0 Å². The van der Waals surface area contributed by atoms with E-state index in [2.05, 4.69) is 16.9 Å². The number of likely N-dealkylation sites (tertiary alicyclic amines) is 1. The minimum Gasteiger partial charge on any atom is -0.497 e. The molecule has 0 bridgehead atoms. The lowest BCUT2D eigenvalue weighted by molar-refractivity contribution is -0.138. The highest BCUT2D eigenvalue weighted by Gasteiger charge is 2.29. The van der Waals surface area contributed by atoms with Gasteiger partial charge in [-0.3, -0.25) is 14.7 Å². The molecule has 0 radical (unpaired) electrons. The highest BCUT2D eigenvalue weighted by molar-refractivity contribution is 5.82. The van der Waals surface area contributed by atoms with Gasteiger partial charge in [-0.15, -0.1) is 0 Å². The first-order valence-electron chi connectivity index (χ1n) is 9.69. The third kappa shape index (κ3) is 5.30. The fourth-order valence-electron chi connectivity index (χ4n) is 3.62. The molecule has 0 N–H and O–H groups in total. The summed E-state index contributed by atoms with van der Waals surface area (Å²) in [4.78, 5) is 22.0. The predicted octanol–water partition coefficient (Wildman–Crippen LogP) is 3.49. The Hall–Kier alpha value is -2.40. The monoisotopic (exact) mass is 367 g/mol. The maximum Gasteiger partial charge on any atom is 0.240 e. The van der Waals surface area contributed by atoms with Crippen molar-refractivity contribution in [3.63, 3.8) is 0 Å². The lowest BCUT2D eigenvalue weighted by Crippen LogP contribution is -2.46. The van der Waals surface area contributed by atoms with Gasteiger partial charge in [-0.25, -0.2) is 0 Å². The summed E-state index contributed by atoms with van der Waals surface area (Å²) >= 11 is 0. The number of hydrogen-bond donors (Lipinski definition) is 0. The third-order valence-corrected chi connectivity index (χ3v) is 5.23. The number of benzene rings is 1. The molecule has 3 rings (SSSR count). The van der Waals surface area contributed by atoms with Crippen LogP contribution in [-0.2, 0) is 17.9 Å². The minimum absolute atomic E-state index is 0.0468. The zero-order chi connectivity index (χ0) is 19.1. The molecule has 0 saturated carbocycles. The molecule has 0 aliphatic carbocycles. The molecule has 1 aliphatic heterocycles. The summed E-state index contributed by atoms with van der Waals surface area (Å²) in [7, 11) is 3.73. The molecule has 1 aliphatic rings. The van der Waals surface area contributed by atoms with E-state index in [4.69, 9.17) is 4.74 Å². The molecule has 5 nitrogen and oxygen atoms in total. The normalized spacial score (nSPS) is 17.9. The molecule has 1 atom stereocenters. The zero-order valence-electron chi connectivity index (χ0n) is 16.3. The largest absolute Gasteiger partial charge is 0.497 e. The van der Waals surface area contributed by atoms with E-state index in [1.165, 1.54) is 12.8 Å². The van der Waals surface area contributed by atoms with E-state index >= 15 is 0 Å². The second kappa shape index (κ2) is 9.51. The molecule has 1 fully saturated rings. The molecule has 0 spiro atoms. The van der Waals surface area contributed by atoms with Crippen molar-refractivity contribution in [1.82, 2.24) is 14.8 Å². The van der Waals surface area contributed by atoms with Gasteiger partial charge in [0, 0.05) is 12.7 Å². The van der Waals surface area contributed by atoms with Crippen LogP contribution in [0.15, 0.2) is 48.7 Å². The maximum absolute atomic E-state index is 13.4. The van der Waals surface area contributed by atoms with E-state index in [-0.39, 0.29) is 11.9 Å². The highest BCUT2D eigenvalue weighted by Crippen LogP contribution is 2.20. The molecule has 1 aromatic carbocycles. The van der Waals surface area contributed by atoms with E-state index in [1.54, 1.807) is 13.3 Å². The van der Waals surface area contributed by atoms with Crippen LogP contribution >= 0.6 is 0 Å². The van der Waals surface area contributed by atoms with Gasteiger partial charge in [0.15, 0.2) is 0 Å². The van der Waals surface area contributed by atoms with Crippen molar-refractivity contribution < 1.29 is 9.53 Å². The Kier molecular flexibility index (Phi) is 6.82. The van der Waals surface area contributed by atoms with E-state index in [0.29, 0.717) is 13.1 Å². The SMILES string of the molecule is COc1ccc(CN(Cc2ccccn2)C(=O)C2CCCCCN2C)cc1. The van der Waals surface area contributed by atoms with E-state index in [1.807, 2.05) is 47.4 Å². The summed E-state index contributed by atoms with van der Waals surface area (Å²) in [5.74, 6) is 1.02. The second-order valence-corrected chi connectivity index (χ2v) is 7.21. The Morgan fingerprint density at radius 3 is 2.67 bits per heavy atom. The zero-order valence-corrected chi connectivity index (χ0v) is 16.3. The van der Waals surface area contributed by atoms with Gasteiger partial charge in [-0.2, -0.15) is 0 Å². The first-order chi connectivity index (χ1) is 13.2.